The van der Waals surface area contributed by atoms with Crippen molar-refractivity contribution in [3.8, 4) is 5.69 Å². The van der Waals surface area contributed by atoms with E-state index in [1.54, 1.807) is 25.1 Å². The number of ketones is 1. The van der Waals surface area contributed by atoms with E-state index in [0.717, 1.165) is 27.1 Å². The summed E-state index contributed by atoms with van der Waals surface area (Å²) in [6, 6.07) is 13.7. The lowest BCUT2D eigenvalue weighted by Crippen LogP contribution is -2.22. The fraction of sp³-hybridized carbons (Fsp3) is 0.269. The molecule has 0 aliphatic heterocycles. The maximum atomic E-state index is 13.5. The van der Waals surface area contributed by atoms with Gasteiger partial charge in [0.2, 0.25) is 11.6 Å². The molecule has 0 aliphatic carbocycles. The number of imidazole rings is 1. The Kier molecular flexibility index (Phi) is 6.27. The van der Waals surface area contributed by atoms with Gasteiger partial charge in [0.1, 0.15) is 6.54 Å². The van der Waals surface area contributed by atoms with Crippen LogP contribution in [0, 0.1) is 27.7 Å². The maximum absolute atomic E-state index is 13.5. The standard InChI is InChI=1S/C26H24F3N3O3/c1-15-9-10-19(11-16(15)2)32-17(3)12-20(18(32)4)23(33)14-35-24(34)13-31-22-8-6-5-7-21(22)30-25(31)26(27,28)29/h5-12H,13-14H2,1-4H3. The molecule has 0 amide bonds. The fourth-order valence-electron chi connectivity index (χ4n) is 4.16. The Morgan fingerprint density at radius 2 is 1.69 bits per heavy atom. The summed E-state index contributed by atoms with van der Waals surface area (Å²) in [6.45, 7) is 6.39. The van der Waals surface area contributed by atoms with E-state index in [1.807, 2.05) is 43.5 Å². The van der Waals surface area contributed by atoms with Gasteiger partial charge >= 0.3 is 12.1 Å². The van der Waals surface area contributed by atoms with Gasteiger partial charge in [0.05, 0.1) is 11.0 Å². The molecule has 0 N–H and O–H groups in total. The van der Waals surface area contributed by atoms with Crippen LogP contribution in [-0.4, -0.2) is 32.5 Å². The molecule has 0 radical (unpaired) electrons. The number of aromatic nitrogens is 3. The number of rotatable bonds is 6. The van der Waals surface area contributed by atoms with Crippen LogP contribution >= 0.6 is 0 Å². The van der Waals surface area contributed by atoms with Gasteiger partial charge in [-0.25, -0.2) is 4.98 Å². The van der Waals surface area contributed by atoms with Crippen LogP contribution in [0.5, 0.6) is 0 Å². The number of hydrogen-bond acceptors (Lipinski definition) is 4. The third kappa shape index (κ3) is 4.71. The summed E-state index contributed by atoms with van der Waals surface area (Å²) >= 11 is 0. The van der Waals surface area contributed by atoms with Crippen molar-refractivity contribution in [2.75, 3.05) is 6.61 Å². The number of carbonyl (C=O) groups excluding carboxylic acids is 2. The molecule has 4 rings (SSSR count). The van der Waals surface area contributed by atoms with Crippen molar-refractivity contribution in [1.82, 2.24) is 14.1 Å². The number of hydrogen-bond donors (Lipinski definition) is 0. The number of ether oxygens (including phenoxy) is 1. The number of alkyl halides is 3. The first-order valence-electron chi connectivity index (χ1n) is 10.9. The molecule has 0 unspecified atom stereocenters. The second kappa shape index (κ2) is 9.05. The molecule has 0 aliphatic rings. The molecule has 0 saturated heterocycles. The van der Waals surface area contributed by atoms with Gasteiger partial charge in [-0.15, -0.1) is 0 Å². The zero-order chi connectivity index (χ0) is 25.5. The van der Waals surface area contributed by atoms with E-state index < -0.39 is 36.9 Å². The van der Waals surface area contributed by atoms with E-state index in [4.69, 9.17) is 4.74 Å². The lowest BCUT2D eigenvalue weighted by molar-refractivity contribution is -0.150. The van der Waals surface area contributed by atoms with Crippen molar-refractivity contribution >= 4 is 22.8 Å². The molecule has 182 valence electrons. The highest BCUT2D eigenvalue weighted by Crippen LogP contribution is 2.31. The average Bonchev–Trinajstić information content (AvgIpc) is 3.31. The quantitative estimate of drug-likeness (QED) is 0.268. The Hall–Kier alpha value is -3.88. The SMILES string of the molecule is Cc1ccc(-n2c(C)cc(C(=O)COC(=O)Cn3c(C(F)(F)F)nc4ccccc43)c2C)cc1C. The molecule has 2 aromatic carbocycles. The Balaban J connectivity index is 1.51. The van der Waals surface area contributed by atoms with Crippen LogP contribution in [0.25, 0.3) is 16.7 Å². The number of para-hydroxylation sites is 2. The molecule has 2 aromatic heterocycles. The number of Topliss-reactive ketones (excluding diaryl/α,β-unsaturated/α-hetero) is 1. The number of fused-ring (bicyclic) bond motifs is 1. The van der Waals surface area contributed by atoms with Gasteiger partial charge in [-0.1, -0.05) is 18.2 Å². The summed E-state index contributed by atoms with van der Waals surface area (Å²) in [5.74, 6) is -2.60. The van der Waals surface area contributed by atoms with Gasteiger partial charge in [-0.2, -0.15) is 13.2 Å². The number of benzene rings is 2. The maximum Gasteiger partial charge on any atom is 0.449 e. The summed E-state index contributed by atoms with van der Waals surface area (Å²) in [6.07, 6.45) is -4.75. The van der Waals surface area contributed by atoms with E-state index in [-0.39, 0.29) is 11.0 Å². The lowest BCUT2D eigenvalue weighted by atomic mass is 10.1. The van der Waals surface area contributed by atoms with Crippen molar-refractivity contribution in [1.29, 1.82) is 0 Å². The predicted molar refractivity (Wildman–Crippen MR) is 125 cm³/mol. The molecular weight excluding hydrogens is 459 g/mol. The first kappa shape index (κ1) is 24.3. The van der Waals surface area contributed by atoms with Gasteiger partial charge in [0.25, 0.3) is 0 Å². The topological polar surface area (TPSA) is 66.1 Å². The highest BCUT2D eigenvalue weighted by Gasteiger charge is 2.38. The highest BCUT2D eigenvalue weighted by atomic mass is 19.4. The van der Waals surface area contributed by atoms with Crippen molar-refractivity contribution in [2.45, 2.75) is 40.4 Å². The minimum absolute atomic E-state index is 0.113. The molecule has 35 heavy (non-hydrogen) atoms. The minimum Gasteiger partial charge on any atom is -0.456 e. The van der Waals surface area contributed by atoms with Crippen LogP contribution in [0.1, 0.15) is 38.7 Å². The Labute approximate surface area is 200 Å². The zero-order valence-corrected chi connectivity index (χ0v) is 19.7. The van der Waals surface area contributed by atoms with Gasteiger partial charge < -0.3 is 13.9 Å². The van der Waals surface area contributed by atoms with Crippen LogP contribution in [-0.2, 0) is 22.3 Å². The van der Waals surface area contributed by atoms with Gasteiger partial charge in [-0.05, 0) is 69.2 Å². The van der Waals surface area contributed by atoms with E-state index >= 15 is 0 Å². The van der Waals surface area contributed by atoms with Gasteiger partial charge in [0.15, 0.2) is 6.61 Å². The molecule has 0 atom stereocenters. The molecule has 2 heterocycles. The second-order valence-electron chi connectivity index (χ2n) is 8.48. The zero-order valence-electron chi connectivity index (χ0n) is 19.7. The third-order valence-electron chi connectivity index (χ3n) is 6.04. The average molecular weight is 483 g/mol. The third-order valence-corrected chi connectivity index (χ3v) is 6.04. The van der Waals surface area contributed by atoms with Crippen molar-refractivity contribution in [2.24, 2.45) is 0 Å². The van der Waals surface area contributed by atoms with E-state index in [2.05, 4.69) is 4.98 Å². The summed E-state index contributed by atoms with van der Waals surface area (Å²) in [5.41, 5.74) is 5.35. The monoisotopic (exact) mass is 483 g/mol. The summed E-state index contributed by atoms with van der Waals surface area (Å²) < 4.78 is 48.1. The van der Waals surface area contributed by atoms with Gasteiger partial charge in [-0.3, -0.25) is 9.59 Å². The Morgan fingerprint density at radius 3 is 2.37 bits per heavy atom. The van der Waals surface area contributed by atoms with Crippen molar-refractivity contribution < 1.29 is 27.5 Å². The molecule has 0 saturated carbocycles. The van der Waals surface area contributed by atoms with Crippen LogP contribution in [0.4, 0.5) is 13.2 Å². The van der Waals surface area contributed by atoms with Crippen molar-refractivity contribution in [3.63, 3.8) is 0 Å². The van der Waals surface area contributed by atoms with Crippen LogP contribution in [0.2, 0.25) is 0 Å². The number of aryl methyl sites for hydroxylation is 3. The molecule has 4 aromatic rings. The van der Waals surface area contributed by atoms with Crippen LogP contribution < -0.4 is 0 Å². The molecule has 6 nitrogen and oxygen atoms in total. The van der Waals surface area contributed by atoms with Gasteiger partial charge in [0, 0.05) is 22.6 Å². The normalized spacial score (nSPS) is 11.7. The van der Waals surface area contributed by atoms with Crippen LogP contribution in [0.15, 0.2) is 48.5 Å². The van der Waals surface area contributed by atoms with Crippen LogP contribution in [0.3, 0.4) is 0 Å². The highest BCUT2D eigenvalue weighted by molar-refractivity contribution is 5.99. The van der Waals surface area contributed by atoms with E-state index in [9.17, 15) is 22.8 Å². The Morgan fingerprint density at radius 1 is 0.971 bits per heavy atom. The summed E-state index contributed by atoms with van der Waals surface area (Å²) in [5, 5.41) is 0. The lowest BCUT2D eigenvalue weighted by Gasteiger charge is -2.12. The molecule has 0 spiro atoms. The fourth-order valence-corrected chi connectivity index (χ4v) is 4.16. The first-order valence-corrected chi connectivity index (χ1v) is 10.9. The first-order chi connectivity index (χ1) is 16.5. The molecular formula is C26H24F3N3O3. The smallest absolute Gasteiger partial charge is 0.449 e. The second-order valence-corrected chi connectivity index (χ2v) is 8.48. The summed E-state index contributed by atoms with van der Waals surface area (Å²) in [4.78, 5) is 28.9. The van der Waals surface area contributed by atoms with E-state index in [0.29, 0.717) is 11.3 Å². The molecule has 0 fully saturated rings. The molecule has 0 bridgehead atoms. The number of esters is 1. The largest absolute Gasteiger partial charge is 0.456 e. The number of carbonyl (C=O) groups is 2. The van der Waals surface area contributed by atoms with E-state index in [1.165, 1.54) is 12.1 Å². The summed E-state index contributed by atoms with van der Waals surface area (Å²) in [7, 11) is 0. The Bertz CT molecular complexity index is 1450. The van der Waals surface area contributed by atoms with Crippen molar-refractivity contribution in [3.05, 3.63) is 82.4 Å². The number of nitrogens with zero attached hydrogens (tertiary/aromatic N) is 3. The molecule has 9 heteroatoms. The predicted octanol–water partition coefficient (Wildman–Crippen LogP) is 5.51. The minimum atomic E-state index is -4.75. The number of halogens is 3.